The number of hydrogen-bond donors (Lipinski definition) is 3. The molecule has 2 amide bonds. The molecule has 0 saturated carbocycles. The van der Waals surface area contributed by atoms with Gasteiger partial charge in [0.05, 0.1) is 14.2 Å². The van der Waals surface area contributed by atoms with Crippen LogP contribution in [0.4, 0.5) is 16.2 Å². The number of hydrogen-bond acceptors (Lipinski definition) is 3. The van der Waals surface area contributed by atoms with E-state index in [1.807, 2.05) is 42.5 Å². The van der Waals surface area contributed by atoms with Gasteiger partial charge in [-0.3, -0.25) is 0 Å². The number of para-hydroxylation sites is 1. The van der Waals surface area contributed by atoms with Crippen LogP contribution in [0.5, 0.6) is 11.5 Å². The third kappa shape index (κ3) is 4.16. The normalized spacial score (nSPS) is 10.6. The van der Waals surface area contributed by atoms with Crippen LogP contribution in [0.25, 0.3) is 22.2 Å². The molecule has 0 bridgehead atoms. The summed E-state index contributed by atoms with van der Waals surface area (Å²) in [5.74, 6) is 1.20. The molecular weight excluding hydrogens is 366 g/mol. The molecule has 0 aliphatic heterocycles. The van der Waals surface area contributed by atoms with Gasteiger partial charge in [0.1, 0.15) is 11.5 Å². The number of methoxy groups -OCH3 is 2. The highest BCUT2D eigenvalue weighted by molar-refractivity contribution is 6.00. The van der Waals surface area contributed by atoms with Crippen LogP contribution >= 0.6 is 0 Å². The zero-order chi connectivity index (χ0) is 20.2. The number of benzene rings is 3. The molecule has 0 aliphatic rings. The van der Waals surface area contributed by atoms with E-state index in [-0.39, 0.29) is 6.03 Å². The van der Waals surface area contributed by atoms with Crippen molar-refractivity contribution in [2.24, 2.45) is 0 Å². The Bertz CT molecular complexity index is 1090. The summed E-state index contributed by atoms with van der Waals surface area (Å²) in [6.45, 7) is 0. The minimum absolute atomic E-state index is 0.348. The van der Waals surface area contributed by atoms with E-state index in [0.29, 0.717) is 22.9 Å². The highest BCUT2D eigenvalue weighted by Gasteiger charge is 2.08. The van der Waals surface area contributed by atoms with Crippen molar-refractivity contribution >= 4 is 28.3 Å². The van der Waals surface area contributed by atoms with Crippen molar-refractivity contribution < 1.29 is 14.3 Å². The van der Waals surface area contributed by atoms with Crippen LogP contribution in [-0.4, -0.2) is 25.2 Å². The lowest BCUT2D eigenvalue weighted by Gasteiger charge is -2.11. The molecule has 0 saturated heterocycles. The van der Waals surface area contributed by atoms with Crippen LogP contribution in [0.1, 0.15) is 0 Å². The molecule has 6 nitrogen and oxygen atoms in total. The maximum atomic E-state index is 12.3. The Kier molecular flexibility index (Phi) is 5.07. The molecule has 1 heterocycles. The van der Waals surface area contributed by atoms with Gasteiger partial charge in [0.2, 0.25) is 0 Å². The van der Waals surface area contributed by atoms with E-state index in [2.05, 4.69) is 27.8 Å². The van der Waals surface area contributed by atoms with Crippen molar-refractivity contribution in [3.8, 4) is 22.8 Å². The highest BCUT2D eigenvalue weighted by Crippen LogP contribution is 2.27. The zero-order valence-corrected chi connectivity index (χ0v) is 16.2. The Morgan fingerprint density at radius 3 is 2.10 bits per heavy atom. The summed E-state index contributed by atoms with van der Waals surface area (Å²) in [6, 6.07) is 22.8. The zero-order valence-electron chi connectivity index (χ0n) is 16.2. The number of carbonyl (C=O) groups is 1. The number of H-pyrrole nitrogens is 1. The van der Waals surface area contributed by atoms with E-state index in [9.17, 15) is 4.79 Å². The molecule has 146 valence electrons. The van der Waals surface area contributed by atoms with Crippen molar-refractivity contribution in [3.05, 3.63) is 72.8 Å². The van der Waals surface area contributed by atoms with E-state index < -0.39 is 0 Å². The molecule has 1 aromatic heterocycles. The molecule has 0 aliphatic carbocycles. The van der Waals surface area contributed by atoms with Gasteiger partial charge in [-0.05, 0) is 29.8 Å². The first-order valence-electron chi connectivity index (χ1n) is 9.14. The molecule has 0 unspecified atom stereocenters. The van der Waals surface area contributed by atoms with Crippen molar-refractivity contribution in [1.82, 2.24) is 4.98 Å². The fourth-order valence-electron chi connectivity index (χ4n) is 3.14. The summed E-state index contributed by atoms with van der Waals surface area (Å²) in [5, 5.41) is 6.78. The molecule has 3 N–H and O–H groups in total. The van der Waals surface area contributed by atoms with Crippen LogP contribution in [0.15, 0.2) is 72.8 Å². The number of anilines is 2. The summed E-state index contributed by atoms with van der Waals surface area (Å²) in [5.41, 5.74) is 4.44. The molecule has 0 fully saturated rings. The van der Waals surface area contributed by atoms with Crippen molar-refractivity contribution in [3.63, 3.8) is 0 Å². The van der Waals surface area contributed by atoms with Gasteiger partial charge >= 0.3 is 6.03 Å². The number of aromatic amines is 1. The smallest absolute Gasteiger partial charge is 0.323 e. The number of ether oxygens (including phenoxy) is 2. The van der Waals surface area contributed by atoms with Crippen molar-refractivity contribution in [2.45, 2.75) is 0 Å². The number of carbonyl (C=O) groups excluding carboxylic acids is 1. The Morgan fingerprint density at radius 1 is 0.793 bits per heavy atom. The molecule has 0 spiro atoms. The Hall–Kier alpha value is -3.93. The van der Waals surface area contributed by atoms with Crippen LogP contribution < -0.4 is 20.1 Å². The van der Waals surface area contributed by atoms with Crippen LogP contribution in [0.2, 0.25) is 0 Å². The summed E-state index contributed by atoms with van der Waals surface area (Å²) in [4.78, 5) is 15.7. The van der Waals surface area contributed by atoms with Gasteiger partial charge in [-0.2, -0.15) is 0 Å². The van der Waals surface area contributed by atoms with Gasteiger partial charge in [-0.1, -0.05) is 30.3 Å². The fourth-order valence-corrected chi connectivity index (χ4v) is 3.14. The topological polar surface area (TPSA) is 75.4 Å². The highest BCUT2D eigenvalue weighted by atomic mass is 16.5. The molecular formula is C23H21N3O3. The van der Waals surface area contributed by atoms with Crippen LogP contribution in [0.3, 0.4) is 0 Å². The lowest BCUT2D eigenvalue weighted by atomic mass is 10.1. The SMILES string of the molecule is COc1cc(NC(=O)Nc2ccc(-c3cc4ccccc4[nH]3)cc2)cc(OC)c1. The van der Waals surface area contributed by atoms with Gasteiger partial charge in [-0.25, -0.2) is 4.79 Å². The van der Waals surface area contributed by atoms with Crippen molar-refractivity contribution in [2.75, 3.05) is 24.9 Å². The molecule has 4 rings (SSSR count). The predicted octanol–water partition coefficient (Wildman–Crippen LogP) is 5.50. The fraction of sp³-hybridized carbons (Fsp3) is 0.0870. The van der Waals surface area contributed by atoms with Gasteiger partial charge in [0.15, 0.2) is 0 Å². The first kappa shape index (κ1) is 18.4. The molecule has 0 atom stereocenters. The maximum absolute atomic E-state index is 12.3. The molecule has 3 aromatic carbocycles. The standard InChI is InChI=1S/C23H21N3O3/c1-28-19-12-18(13-20(14-19)29-2)25-23(27)24-17-9-7-15(8-10-17)22-11-16-5-3-4-6-21(16)26-22/h3-14,26H,1-2H3,(H2,24,25,27). The third-order valence-corrected chi connectivity index (χ3v) is 4.59. The first-order chi connectivity index (χ1) is 14.1. The van der Waals surface area contributed by atoms with E-state index in [1.54, 1.807) is 32.4 Å². The summed E-state index contributed by atoms with van der Waals surface area (Å²) < 4.78 is 10.4. The van der Waals surface area contributed by atoms with Gasteiger partial charge in [0, 0.05) is 46.2 Å². The number of rotatable bonds is 5. The largest absolute Gasteiger partial charge is 0.497 e. The van der Waals surface area contributed by atoms with Gasteiger partial charge in [0.25, 0.3) is 0 Å². The van der Waals surface area contributed by atoms with Crippen LogP contribution in [-0.2, 0) is 0 Å². The average Bonchev–Trinajstić information content (AvgIpc) is 3.18. The second-order valence-corrected chi connectivity index (χ2v) is 6.53. The maximum Gasteiger partial charge on any atom is 0.323 e. The van der Waals surface area contributed by atoms with E-state index in [1.165, 1.54) is 0 Å². The summed E-state index contributed by atoms with van der Waals surface area (Å²) in [7, 11) is 3.13. The lowest BCUT2D eigenvalue weighted by molar-refractivity contribution is 0.262. The quantitative estimate of drug-likeness (QED) is 0.423. The van der Waals surface area contributed by atoms with Gasteiger partial charge in [-0.15, -0.1) is 0 Å². The summed E-state index contributed by atoms with van der Waals surface area (Å²) in [6.07, 6.45) is 0. The Labute approximate surface area is 168 Å². The van der Waals surface area contributed by atoms with Crippen molar-refractivity contribution in [1.29, 1.82) is 0 Å². The number of amides is 2. The third-order valence-electron chi connectivity index (χ3n) is 4.59. The molecule has 0 radical (unpaired) electrons. The van der Waals surface area contributed by atoms with Crippen LogP contribution in [0, 0.1) is 0 Å². The summed E-state index contributed by atoms with van der Waals surface area (Å²) >= 11 is 0. The number of nitrogens with one attached hydrogen (secondary N) is 3. The minimum Gasteiger partial charge on any atom is -0.497 e. The average molecular weight is 387 g/mol. The second-order valence-electron chi connectivity index (χ2n) is 6.53. The number of urea groups is 1. The van der Waals surface area contributed by atoms with E-state index >= 15 is 0 Å². The molecule has 29 heavy (non-hydrogen) atoms. The Morgan fingerprint density at radius 2 is 1.45 bits per heavy atom. The number of fused-ring (bicyclic) bond motifs is 1. The van der Waals surface area contributed by atoms with E-state index in [0.717, 1.165) is 22.2 Å². The van der Waals surface area contributed by atoms with Gasteiger partial charge < -0.3 is 25.1 Å². The predicted molar refractivity (Wildman–Crippen MR) is 116 cm³/mol. The monoisotopic (exact) mass is 387 g/mol. The molecule has 6 heteroatoms. The first-order valence-corrected chi connectivity index (χ1v) is 9.14. The second kappa shape index (κ2) is 7.98. The van der Waals surface area contributed by atoms with E-state index in [4.69, 9.17) is 9.47 Å². The lowest BCUT2D eigenvalue weighted by Crippen LogP contribution is -2.19. The minimum atomic E-state index is -0.348. The molecule has 4 aromatic rings. The Balaban J connectivity index is 1.45. The number of aromatic nitrogens is 1.